The third kappa shape index (κ3) is 3.89. The molecule has 0 radical (unpaired) electrons. The first-order valence-corrected chi connectivity index (χ1v) is 7.67. The minimum absolute atomic E-state index is 0.188. The van der Waals surface area contributed by atoms with E-state index in [0.29, 0.717) is 10.0 Å². The van der Waals surface area contributed by atoms with Crippen LogP contribution in [0, 0.1) is 0 Å². The summed E-state index contributed by atoms with van der Waals surface area (Å²) in [6, 6.07) is 13.8. The molecule has 1 nitrogen and oxygen atoms in total. The van der Waals surface area contributed by atoms with Gasteiger partial charge < -0.3 is 5.32 Å². The molecule has 0 bridgehead atoms. The van der Waals surface area contributed by atoms with E-state index < -0.39 is 0 Å². The molecule has 2 rings (SSSR count). The molecule has 2 aromatic rings. The van der Waals surface area contributed by atoms with Crippen molar-refractivity contribution in [1.29, 1.82) is 0 Å². The Labute approximate surface area is 134 Å². The molecule has 0 spiro atoms. The van der Waals surface area contributed by atoms with Gasteiger partial charge in [0.05, 0.1) is 10.0 Å². The van der Waals surface area contributed by atoms with Crippen LogP contribution in [0.3, 0.4) is 0 Å². The molecule has 20 heavy (non-hydrogen) atoms. The van der Waals surface area contributed by atoms with Gasteiger partial charge in [-0.2, -0.15) is 0 Å². The van der Waals surface area contributed by atoms with E-state index in [-0.39, 0.29) is 6.04 Å². The monoisotopic (exact) mass is 327 g/mol. The summed E-state index contributed by atoms with van der Waals surface area (Å²) >= 11 is 18.3. The Kier molecular flexibility index (Phi) is 5.74. The highest BCUT2D eigenvalue weighted by Gasteiger charge is 2.14. The van der Waals surface area contributed by atoms with Gasteiger partial charge in [-0.15, -0.1) is 0 Å². The van der Waals surface area contributed by atoms with Crippen LogP contribution in [0.15, 0.2) is 42.5 Å². The maximum atomic E-state index is 6.27. The minimum Gasteiger partial charge on any atom is -0.310 e. The van der Waals surface area contributed by atoms with Crippen LogP contribution < -0.4 is 5.32 Å². The van der Waals surface area contributed by atoms with Crippen molar-refractivity contribution in [2.75, 3.05) is 6.54 Å². The van der Waals surface area contributed by atoms with Gasteiger partial charge in [-0.25, -0.2) is 0 Å². The second-order valence-corrected chi connectivity index (χ2v) is 5.80. The van der Waals surface area contributed by atoms with Crippen molar-refractivity contribution in [1.82, 2.24) is 5.32 Å². The number of halogens is 3. The van der Waals surface area contributed by atoms with Gasteiger partial charge in [-0.3, -0.25) is 0 Å². The minimum atomic E-state index is 0.188. The maximum absolute atomic E-state index is 6.27. The Bertz CT molecular complexity index is 566. The van der Waals surface area contributed by atoms with E-state index in [1.54, 1.807) is 6.07 Å². The summed E-state index contributed by atoms with van der Waals surface area (Å²) in [6.07, 6.45) is 0.787. The van der Waals surface area contributed by atoms with Crippen LogP contribution in [0.5, 0.6) is 0 Å². The number of hydrogen-bond acceptors (Lipinski definition) is 1. The van der Waals surface area contributed by atoms with Crippen LogP contribution in [-0.4, -0.2) is 6.54 Å². The first-order chi connectivity index (χ1) is 9.61. The molecule has 1 atom stereocenters. The zero-order chi connectivity index (χ0) is 14.5. The van der Waals surface area contributed by atoms with E-state index in [1.807, 2.05) is 36.4 Å². The van der Waals surface area contributed by atoms with Crippen molar-refractivity contribution in [3.8, 4) is 0 Å². The first kappa shape index (κ1) is 15.7. The lowest BCUT2D eigenvalue weighted by Crippen LogP contribution is -2.23. The van der Waals surface area contributed by atoms with E-state index >= 15 is 0 Å². The van der Waals surface area contributed by atoms with Gasteiger partial charge in [0, 0.05) is 11.1 Å². The average molecular weight is 329 g/mol. The molecule has 0 saturated heterocycles. The van der Waals surface area contributed by atoms with Crippen LogP contribution in [0.2, 0.25) is 15.1 Å². The molecular weight excluding hydrogens is 313 g/mol. The number of likely N-dealkylation sites (N-methyl/N-ethyl adjacent to an activating group) is 1. The fourth-order valence-electron chi connectivity index (χ4n) is 2.18. The Morgan fingerprint density at radius 1 is 1.00 bits per heavy atom. The second kappa shape index (κ2) is 7.33. The van der Waals surface area contributed by atoms with Gasteiger partial charge in [0.25, 0.3) is 0 Å². The predicted octanol–water partition coefficient (Wildman–Crippen LogP) is 5.54. The van der Waals surface area contributed by atoms with Gasteiger partial charge in [-0.1, -0.05) is 66.0 Å². The molecule has 4 heteroatoms. The fraction of sp³-hybridized carbons (Fsp3) is 0.250. The summed E-state index contributed by atoms with van der Waals surface area (Å²) in [6.45, 7) is 2.97. The van der Waals surface area contributed by atoms with Gasteiger partial charge in [0.2, 0.25) is 0 Å². The van der Waals surface area contributed by atoms with Gasteiger partial charge >= 0.3 is 0 Å². The lowest BCUT2D eigenvalue weighted by atomic mass is 9.99. The van der Waals surface area contributed by atoms with E-state index in [2.05, 4.69) is 12.2 Å². The zero-order valence-electron chi connectivity index (χ0n) is 11.2. The SMILES string of the molecule is CCNC(Cc1cccc(Cl)c1Cl)c1ccc(Cl)cc1. The standard InChI is InChI=1S/C16H16Cl3N/c1-2-20-15(11-6-8-13(17)9-7-11)10-12-4-3-5-14(18)16(12)19/h3-9,15,20H,2,10H2,1H3. The molecule has 0 fully saturated rings. The largest absolute Gasteiger partial charge is 0.310 e. The second-order valence-electron chi connectivity index (χ2n) is 4.58. The summed E-state index contributed by atoms with van der Waals surface area (Å²) < 4.78 is 0. The molecule has 106 valence electrons. The van der Waals surface area contributed by atoms with Crippen LogP contribution in [0.4, 0.5) is 0 Å². The number of nitrogens with one attached hydrogen (secondary N) is 1. The Hall–Kier alpha value is -0.730. The molecule has 2 aromatic carbocycles. The number of rotatable bonds is 5. The smallest absolute Gasteiger partial charge is 0.0624 e. The Morgan fingerprint density at radius 2 is 1.70 bits per heavy atom. The summed E-state index contributed by atoms with van der Waals surface area (Å²) in [4.78, 5) is 0. The molecular formula is C16H16Cl3N. The third-order valence-corrected chi connectivity index (χ3v) is 4.29. The number of benzene rings is 2. The number of hydrogen-bond donors (Lipinski definition) is 1. The summed E-state index contributed by atoms with van der Waals surface area (Å²) in [7, 11) is 0. The first-order valence-electron chi connectivity index (χ1n) is 6.53. The molecule has 0 amide bonds. The maximum Gasteiger partial charge on any atom is 0.0624 e. The molecule has 0 aromatic heterocycles. The van der Waals surface area contributed by atoms with Crippen LogP contribution in [-0.2, 0) is 6.42 Å². The molecule has 0 aliphatic heterocycles. The lowest BCUT2D eigenvalue weighted by Gasteiger charge is -2.19. The van der Waals surface area contributed by atoms with Crippen molar-refractivity contribution < 1.29 is 0 Å². The Balaban J connectivity index is 2.25. The van der Waals surface area contributed by atoms with Crippen molar-refractivity contribution in [3.05, 3.63) is 68.7 Å². The molecule has 1 unspecified atom stereocenters. The zero-order valence-corrected chi connectivity index (χ0v) is 13.4. The van der Waals surface area contributed by atoms with E-state index in [0.717, 1.165) is 23.6 Å². The third-order valence-electron chi connectivity index (χ3n) is 3.18. The molecule has 0 aliphatic carbocycles. The van der Waals surface area contributed by atoms with Crippen molar-refractivity contribution in [2.45, 2.75) is 19.4 Å². The van der Waals surface area contributed by atoms with Gasteiger partial charge in [0.1, 0.15) is 0 Å². The topological polar surface area (TPSA) is 12.0 Å². The fourth-order valence-corrected chi connectivity index (χ4v) is 2.70. The highest BCUT2D eigenvalue weighted by molar-refractivity contribution is 6.42. The molecule has 0 aliphatic rings. The quantitative estimate of drug-likeness (QED) is 0.760. The Morgan fingerprint density at radius 3 is 2.35 bits per heavy atom. The van der Waals surface area contributed by atoms with Crippen molar-refractivity contribution in [3.63, 3.8) is 0 Å². The lowest BCUT2D eigenvalue weighted by molar-refractivity contribution is 0.550. The normalized spacial score (nSPS) is 12.4. The van der Waals surface area contributed by atoms with Crippen molar-refractivity contribution >= 4 is 34.8 Å². The average Bonchev–Trinajstić information content (AvgIpc) is 2.44. The summed E-state index contributed by atoms with van der Waals surface area (Å²) in [5.41, 5.74) is 2.23. The van der Waals surface area contributed by atoms with E-state index in [1.165, 1.54) is 5.56 Å². The van der Waals surface area contributed by atoms with Gasteiger partial charge in [-0.05, 0) is 42.3 Å². The summed E-state index contributed by atoms with van der Waals surface area (Å²) in [5.74, 6) is 0. The molecule has 0 heterocycles. The highest BCUT2D eigenvalue weighted by Crippen LogP contribution is 2.29. The molecule has 1 N–H and O–H groups in total. The highest BCUT2D eigenvalue weighted by atomic mass is 35.5. The molecule has 0 saturated carbocycles. The van der Waals surface area contributed by atoms with E-state index in [4.69, 9.17) is 34.8 Å². The van der Waals surface area contributed by atoms with Crippen LogP contribution in [0.1, 0.15) is 24.1 Å². The van der Waals surface area contributed by atoms with E-state index in [9.17, 15) is 0 Å². The van der Waals surface area contributed by atoms with Crippen molar-refractivity contribution in [2.24, 2.45) is 0 Å². The van der Waals surface area contributed by atoms with Gasteiger partial charge in [0.15, 0.2) is 0 Å². The predicted molar refractivity (Wildman–Crippen MR) is 88.0 cm³/mol. The van der Waals surface area contributed by atoms with Crippen LogP contribution >= 0.6 is 34.8 Å². The summed E-state index contributed by atoms with van der Waals surface area (Å²) in [5, 5.41) is 5.43. The van der Waals surface area contributed by atoms with Crippen LogP contribution in [0.25, 0.3) is 0 Å².